The van der Waals surface area contributed by atoms with Crippen LogP contribution in [-0.4, -0.2) is 56.4 Å². The van der Waals surface area contributed by atoms with Crippen molar-refractivity contribution in [2.24, 2.45) is 0 Å². The lowest BCUT2D eigenvalue weighted by Gasteiger charge is -2.21. The van der Waals surface area contributed by atoms with Gasteiger partial charge in [0.15, 0.2) is 5.82 Å². The van der Waals surface area contributed by atoms with Gasteiger partial charge in [0.05, 0.1) is 17.9 Å². The van der Waals surface area contributed by atoms with E-state index in [2.05, 4.69) is 44.0 Å². The van der Waals surface area contributed by atoms with Crippen molar-refractivity contribution >= 4 is 5.95 Å². The molecule has 4 rings (SSSR count). The standard InChI is InChI=1S/C18H27N7O/c1-3-14-15(4-2)21-22-18(19-14)25-9-5-8-24(10-11-25)12-16-20-17(26-23-16)13-6-7-13/h13H,3-12H2,1-2H3. The van der Waals surface area contributed by atoms with Gasteiger partial charge in [-0.15, -0.1) is 5.10 Å². The van der Waals surface area contributed by atoms with Gasteiger partial charge in [0.25, 0.3) is 0 Å². The molecule has 0 unspecified atom stereocenters. The summed E-state index contributed by atoms with van der Waals surface area (Å²) < 4.78 is 5.37. The number of aromatic nitrogens is 5. The van der Waals surface area contributed by atoms with Gasteiger partial charge in [-0.1, -0.05) is 19.0 Å². The molecule has 0 aromatic carbocycles. The maximum Gasteiger partial charge on any atom is 0.245 e. The van der Waals surface area contributed by atoms with E-state index in [1.807, 2.05) is 0 Å². The number of rotatable bonds is 6. The molecule has 1 aliphatic carbocycles. The van der Waals surface area contributed by atoms with Crippen molar-refractivity contribution in [3.05, 3.63) is 23.1 Å². The lowest BCUT2D eigenvalue weighted by molar-refractivity contribution is 0.271. The summed E-state index contributed by atoms with van der Waals surface area (Å²) in [5.41, 5.74) is 2.08. The number of aryl methyl sites for hydroxylation is 2. The summed E-state index contributed by atoms with van der Waals surface area (Å²) in [6.45, 7) is 8.77. The van der Waals surface area contributed by atoms with Gasteiger partial charge >= 0.3 is 0 Å². The van der Waals surface area contributed by atoms with E-state index in [-0.39, 0.29) is 0 Å². The molecule has 0 bridgehead atoms. The third-order valence-corrected chi connectivity index (χ3v) is 5.14. The third kappa shape index (κ3) is 3.85. The van der Waals surface area contributed by atoms with E-state index in [0.717, 1.165) is 81.0 Å². The van der Waals surface area contributed by atoms with Crippen molar-refractivity contribution < 1.29 is 4.52 Å². The SMILES string of the molecule is CCc1nnc(N2CCCN(Cc3noc(C4CC4)n3)CC2)nc1CC. The van der Waals surface area contributed by atoms with Crippen molar-refractivity contribution in [3.63, 3.8) is 0 Å². The van der Waals surface area contributed by atoms with Crippen LogP contribution in [0.5, 0.6) is 0 Å². The Bertz CT molecular complexity index is 743. The van der Waals surface area contributed by atoms with Gasteiger partial charge in [-0.25, -0.2) is 4.98 Å². The lowest BCUT2D eigenvalue weighted by Crippen LogP contribution is -2.32. The summed E-state index contributed by atoms with van der Waals surface area (Å²) in [6, 6.07) is 0. The van der Waals surface area contributed by atoms with Crippen LogP contribution in [0.25, 0.3) is 0 Å². The quantitative estimate of drug-likeness (QED) is 0.776. The third-order valence-electron chi connectivity index (χ3n) is 5.14. The fourth-order valence-electron chi connectivity index (χ4n) is 3.42. The maximum absolute atomic E-state index is 5.37. The molecule has 2 aromatic rings. The van der Waals surface area contributed by atoms with E-state index in [0.29, 0.717) is 5.92 Å². The average Bonchev–Trinajstić information content (AvgIpc) is 3.46. The van der Waals surface area contributed by atoms with Crippen LogP contribution in [-0.2, 0) is 19.4 Å². The van der Waals surface area contributed by atoms with Crippen molar-refractivity contribution in [2.75, 3.05) is 31.1 Å². The van der Waals surface area contributed by atoms with Gasteiger partial charge < -0.3 is 9.42 Å². The number of hydrogen-bond acceptors (Lipinski definition) is 8. The fraction of sp³-hybridized carbons (Fsp3) is 0.722. The molecule has 8 nitrogen and oxygen atoms in total. The van der Waals surface area contributed by atoms with Crippen LogP contribution >= 0.6 is 0 Å². The Morgan fingerprint density at radius 1 is 0.962 bits per heavy atom. The zero-order valence-corrected chi connectivity index (χ0v) is 15.7. The first-order chi connectivity index (χ1) is 12.8. The van der Waals surface area contributed by atoms with Crippen LogP contribution in [0.15, 0.2) is 4.52 Å². The molecule has 1 aliphatic heterocycles. The lowest BCUT2D eigenvalue weighted by atomic mass is 10.2. The Morgan fingerprint density at radius 2 is 1.81 bits per heavy atom. The molecule has 140 valence electrons. The van der Waals surface area contributed by atoms with E-state index in [1.54, 1.807) is 0 Å². The van der Waals surface area contributed by atoms with E-state index in [9.17, 15) is 0 Å². The molecule has 3 heterocycles. The van der Waals surface area contributed by atoms with Gasteiger partial charge in [0.1, 0.15) is 0 Å². The number of anilines is 1. The second kappa shape index (κ2) is 7.65. The van der Waals surface area contributed by atoms with Crippen LogP contribution in [0.4, 0.5) is 5.95 Å². The van der Waals surface area contributed by atoms with Gasteiger partial charge in [-0.2, -0.15) is 10.1 Å². The topological polar surface area (TPSA) is 84.1 Å². The Morgan fingerprint density at radius 3 is 2.58 bits per heavy atom. The second-order valence-corrected chi connectivity index (χ2v) is 7.15. The molecule has 0 amide bonds. The predicted molar refractivity (Wildman–Crippen MR) is 97.0 cm³/mol. The molecule has 1 saturated carbocycles. The smallest absolute Gasteiger partial charge is 0.245 e. The molecule has 2 aliphatic rings. The normalized spacial score (nSPS) is 18.9. The van der Waals surface area contributed by atoms with Gasteiger partial charge in [0.2, 0.25) is 11.8 Å². The highest BCUT2D eigenvalue weighted by atomic mass is 16.5. The fourth-order valence-corrected chi connectivity index (χ4v) is 3.42. The van der Waals surface area contributed by atoms with Gasteiger partial charge in [-0.05, 0) is 32.1 Å². The Hall–Kier alpha value is -2.09. The van der Waals surface area contributed by atoms with Crippen LogP contribution in [0.1, 0.15) is 62.1 Å². The molecule has 2 aromatic heterocycles. The zero-order valence-electron chi connectivity index (χ0n) is 15.7. The minimum Gasteiger partial charge on any atom is -0.339 e. The first kappa shape index (κ1) is 17.3. The Labute approximate surface area is 154 Å². The van der Waals surface area contributed by atoms with Crippen molar-refractivity contribution in [1.29, 1.82) is 0 Å². The average molecular weight is 357 g/mol. The molecule has 0 spiro atoms. The molecule has 0 N–H and O–H groups in total. The molecular formula is C18H27N7O. The van der Waals surface area contributed by atoms with Crippen LogP contribution in [0, 0.1) is 0 Å². The van der Waals surface area contributed by atoms with Crippen molar-refractivity contribution in [3.8, 4) is 0 Å². The summed E-state index contributed by atoms with van der Waals surface area (Å²) in [4.78, 5) is 13.9. The second-order valence-electron chi connectivity index (χ2n) is 7.15. The highest BCUT2D eigenvalue weighted by Crippen LogP contribution is 2.38. The van der Waals surface area contributed by atoms with Crippen LogP contribution in [0.3, 0.4) is 0 Å². The largest absolute Gasteiger partial charge is 0.339 e. The Kier molecular flexibility index (Phi) is 5.10. The number of hydrogen-bond donors (Lipinski definition) is 0. The monoisotopic (exact) mass is 357 g/mol. The predicted octanol–water partition coefficient (Wildman–Crippen LogP) is 1.97. The molecular weight excluding hydrogens is 330 g/mol. The Balaban J connectivity index is 1.38. The molecule has 26 heavy (non-hydrogen) atoms. The molecule has 1 saturated heterocycles. The summed E-state index contributed by atoms with van der Waals surface area (Å²) in [5, 5.41) is 12.9. The number of nitrogens with zero attached hydrogens (tertiary/aromatic N) is 7. The molecule has 2 fully saturated rings. The van der Waals surface area contributed by atoms with Gasteiger partial charge in [-0.3, -0.25) is 4.90 Å². The highest BCUT2D eigenvalue weighted by molar-refractivity contribution is 5.30. The minimum atomic E-state index is 0.513. The summed E-state index contributed by atoms with van der Waals surface area (Å²) in [7, 11) is 0. The molecule has 0 radical (unpaired) electrons. The zero-order chi connectivity index (χ0) is 17.9. The summed E-state index contributed by atoms with van der Waals surface area (Å²) in [6.07, 6.45) is 5.21. The highest BCUT2D eigenvalue weighted by Gasteiger charge is 2.30. The summed E-state index contributed by atoms with van der Waals surface area (Å²) in [5.74, 6) is 2.90. The first-order valence-electron chi connectivity index (χ1n) is 9.79. The van der Waals surface area contributed by atoms with E-state index in [4.69, 9.17) is 9.51 Å². The summed E-state index contributed by atoms with van der Waals surface area (Å²) >= 11 is 0. The van der Waals surface area contributed by atoms with E-state index < -0.39 is 0 Å². The molecule has 8 heteroatoms. The van der Waals surface area contributed by atoms with Gasteiger partial charge in [0, 0.05) is 32.1 Å². The minimum absolute atomic E-state index is 0.513. The van der Waals surface area contributed by atoms with Crippen molar-refractivity contribution in [2.45, 2.75) is 58.4 Å². The van der Waals surface area contributed by atoms with Crippen LogP contribution in [0.2, 0.25) is 0 Å². The van der Waals surface area contributed by atoms with Crippen LogP contribution < -0.4 is 4.90 Å². The maximum atomic E-state index is 5.37. The molecule has 0 atom stereocenters. The first-order valence-corrected chi connectivity index (χ1v) is 9.79. The van der Waals surface area contributed by atoms with E-state index >= 15 is 0 Å². The van der Waals surface area contributed by atoms with Crippen molar-refractivity contribution in [1.82, 2.24) is 30.2 Å². The van der Waals surface area contributed by atoms with E-state index in [1.165, 1.54) is 12.8 Å².